The third-order valence-corrected chi connectivity index (χ3v) is 4.27. The van der Waals surface area contributed by atoms with Gasteiger partial charge in [0.1, 0.15) is 0 Å². The molecular weight excluding hydrogens is 158 g/mol. The molecule has 1 aliphatic carbocycles. The highest BCUT2D eigenvalue weighted by Gasteiger charge is 2.39. The average Bonchev–Trinajstić information content (AvgIpc) is 2.65. The standard InChI is InChI=1S/C12H25N/c1-4-10(3)11(13)12(5-2)8-6-7-9-12/h10-11H,4-9,13H2,1-3H3. The normalized spacial score (nSPS) is 25.8. The topological polar surface area (TPSA) is 26.0 Å². The third kappa shape index (κ3) is 2.07. The van der Waals surface area contributed by atoms with Crippen molar-refractivity contribution in [3.8, 4) is 0 Å². The fourth-order valence-electron chi connectivity index (χ4n) is 2.86. The predicted molar refractivity (Wildman–Crippen MR) is 58.6 cm³/mol. The molecule has 0 spiro atoms. The SMILES string of the molecule is CCC(C)C(N)C1(CC)CCCC1. The van der Waals surface area contributed by atoms with Gasteiger partial charge in [-0.1, -0.05) is 40.0 Å². The van der Waals surface area contributed by atoms with Crippen molar-refractivity contribution >= 4 is 0 Å². The van der Waals surface area contributed by atoms with Crippen LogP contribution in [0.25, 0.3) is 0 Å². The van der Waals surface area contributed by atoms with Gasteiger partial charge in [0.15, 0.2) is 0 Å². The summed E-state index contributed by atoms with van der Waals surface area (Å²) in [5.41, 5.74) is 6.87. The lowest BCUT2D eigenvalue weighted by Crippen LogP contribution is -2.44. The molecule has 0 amide bonds. The zero-order chi connectivity index (χ0) is 9.90. The van der Waals surface area contributed by atoms with Crippen LogP contribution in [0.15, 0.2) is 0 Å². The molecular formula is C12H25N. The largest absolute Gasteiger partial charge is 0.327 e. The van der Waals surface area contributed by atoms with Crippen molar-refractivity contribution in [1.29, 1.82) is 0 Å². The molecule has 0 radical (unpaired) electrons. The number of rotatable bonds is 4. The number of hydrogen-bond donors (Lipinski definition) is 1. The Hall–Kier alpha value is -0.0400. The molecule has 2 N–H and O–H groups in total. The van der Waals surface area contributed by atoms with Crippen LogP contribution in [0.1, 0.15) is 59.3 Å². The van der Waals surface area contributed by atoms with Crippen LogP contribution in [-0.2, 0) is 0 Å². The fraction of sp³-hybridized carbons (Fsp3) is 1.00. The van der Waals surface area contributed by atoms with Crippen molar-refractivity contribution in [3.05, 3.63) is 0 Å². The third-order valence-electron chi connectivity index (χ3n) is 4.27. The summed E-state index contributed by atoms with van der Waals surface area (Å²) in [6.07, 6.45) is 8.04. The second-order valence-corrected chi connectivity index (χ2v) is 4.83. The van der Waals surface area contributed by atoms with E-state index in [-0.39, 0.29) is 0 Å². The Balaban J connectivity index is 2.64. The van der Waals surface area contributed by atoms with E-state index in [4.69, 9.17) is 5.73 Å². The first-order valence-electron chi connectivity index (χ1n) is 5.92. The van der Waals surface area contributed by atoms with E-state index in [0.29, 0.717) is 17.4 Å². The van der Waals surface area contributed by atoms with Crippen molar-refractivity contribution in [2.75, 3.05) is 0 Å². The first kappa shape index (κ1) is 11.0. The Morgan fingerprint density at radius 1 is 1.23 bits per heavy atom. The molecule has 0 aromatic heterocycles. The maximum Gasteiger partial charge on any atom is 0.0121 e. The summed E-state index contributed by atoms with van der Waals surface area (Å²) in [7, 11) is 0. The van der Waals surface area contributed by atoms with Gasteiger partial charge in [0.25, 0.3) is 0 Å². The van der Waals surface area contributed by atoms with E-state index >= 15 is 0 Å². The zero-order valence-corrected chi connectivity index (χ0v) is 9.47. The Kier molecular flexibility index (Phi) is 3.78. The minimum atomic E-state index is 0.435. The zero-order valence-electron chi connectivity index (χ0n) is 9.47. The molecule has 1 aliphatic rings. The molecule has 1 rings (SSSR count). The van der Waals surface area contributed by atoms with E-state index in [1.807, 2.05) is 0 Å². The van der Waals surface area contributed by atoms with Crippen molar-refractivity contribution in [3.63, 3.8) is 0 Å². The molecule has 1 saturated carbocycles. The Morgan fingerprint density at radius 2 is 1.77 bits per heavy atom. The van der Waals surface area contributed by atoms with Gasteiger partial charge in [-0.15, -0.1) is 0 Å². The summed E-state index contributed by atoms with van der Waals surface area (Å²) in [5.74, 6) is 0.693. The summed E-state index contributed by atoms with van der Waals surface area (Å²) in [6, 6.07) is 0.435. The molecule has 2 unspecified atom stereocenters. The average molecular weight is 183 g/mol. The summed E-state index contributed by atoms with van der Waals surface area (Å²) < 4.78 is 0. The highest BCUT2D eigenvalue weighted by atomic mass is 14.7. The molecule has 0 aliphatic heterocycles. The first-order chi connectivity index (χ1) is 6.16. The van der Waals surface area contributed by atoms with Gasteiger partial charge in [0.2, 0.25) is 0 Å². The van der Waals surface area contributed by atoms with Crippen LogP contribution in [0.3, 0.4) is 0 Å². The van der Waals surface area contributed by atoms with Gasteiger partial charge >= 0.3 is 0 Å². The molecule has 0 aromatic rings. The predicted octanol–water partition coefficient (Wildman–Crippen LogP) is 3.33. The van der Waals surface area contributed by atoms with Crippen molar-refractivity contribution in [1.82, 2.24) is 0 Å². The van der Waals surface area contributed by atoms with Crippen LogP contribution in [0.4, 0.5) is 0 Å². The molecule has 1 fully saturated rings. The van der Waals surface area contributed by atoms with Crippen LogP contribution in [-0.4, -0.2) is 6.04 Å². The molecule has 78 valence electrons. The Bertz CT molecular complexity index is 147. The van der Waals surface area contributed by atoms with Crippen molar-refractivity contribution in [2.24, 2.45) is 17.1 Å². The van der Waals surface area contributed by atoms with Crippen LogP contribution >= 0.6 is 0 Å². The first-order valence-corrected chi connectivity index (χ1v) is 5.92. The molecule has 0 bridgehead atoms. The van der Waals surface area contributed by atoms with Crippen LogP contribution in [0, 0.1) is 11.3 Å². The van der Waals surface area contributed by atoms with E-state index in [2.05, 4.69) is 20.8 Å². The second kappa shape index (κ2) is 4.45. The van der Waals surface area contributed by atoms with Crippen LogP contribution in [0.5, 0.6) is 0 Å². The second-order valence-electron chi connectivity index (χ2n) is 4.83. The quantitative estimate of drug-likeness (QED) is 0.711. The number of hydrogen-bond acceptors (Lipinski definition) is 1. The van der Waals surface area contributed by atoms with Gasteiger partial charge in [-0.05, 0) is 30.6 Å². The van der Waals surface area contributed by atoms with E-state index in [0.717, 1.165) is 0 Å². The highest BCUT2D eigenvalue weighted by molar-refractivity contribution is 4.94. The Labute approximate surface area is 83.1 Å². The molecule has 13 heavy (non-hydrogen) atoms. The molecule has 0 heterocycles. The fourth-order valence-corrected chi connectivity index (χ4v) is 2.86. The van der Waals surface area contributed by atoms with Gasteiger partial charge < -0.3 is 5.73 Å². The lowest BCUT2D eigenvalue weighted by atomic mass is 9.71. The summed E-state index contributed by atoms with van der Waals surface area (Å²) in [4.78, 5) is 0. The van der Waals surface area contributed by atoms with Crippen LogP contribution in [0.2, 0.25) is 0 Å². The number of nitrogens with two attached hydrogens (primary N) is 1. The maximum absolute atomic E-state index is 6.38. The molecule has 0 saturated heterocycles. The lowest BCUT2D eigenvalue weighted by molar-refractivity contribution is 0.170. The molecule has 0 aromatic carbocycles. The minimum Gasteiger partial charge on any atom is -0.327 e. The Morgan fingerprint density at radius 3 is 2.15 bits per heavy atom. The van der Waals surface area contributed by atoms with E-state index in [1.54, 1.807) is 0 Å². The van der Waals surface area contributed by atoms with E-state index < -0.39 is 0 Å². The monoisotopic (exact) mass is 183 g/mol. The van der Waals surface area contributed by atoms with Crippen molar-refractivity contribution < 1.29 is 0 Å². The van der Waals surface area contributed by atoms with Crippen LogP contribution < -0.4 is 5.73 Å². The van der Waals surface area contributed by atoms with Gasteiger partial charge in [-0.25, -0.2) is 0 Å². The summed E-state index contributed by atoms with van der Waals surface area (Å²) >= 11 is 0. The lowest BCUT2D eigenvalue weighted by Gasteiger charge is -2.37. The summed E-state index contributed by atoms with van der Waals surface area (Å²) in [5, 5.41) is 0. The summed E-state index contributed by atoms with van der Waals surface area (Å²) in [6.45, 7) is 6.87. The van der Waals surface area contributed by atoms with Gasteiger partial charge in [0, 0.05) is 6.04 Å². The van der Waals surface area contributed by atoms with E-state index in [1.165, 1.54) is 38.5 Å². The van der Waals surface area contributed by atoms with Gasteiger partial charge in [-0.2, -0.15) is 0 Å². The molecule has 1 heteroatoms. The molecule has 2 atom stereocenters. The maximum atomic E-state index is 6.38. The highest BCUT2D eigenvalue weighted by Crippen LogP contribution is 2.45. The van der Waals surface area contributed by atoms with Gasteiger partial charge in [0.05, 0.1) is 0 Å². The van der Waals surface area contributed by atoms with E-state index in [9.17, 15) is 0 Å². The minimum absolute atomic E-state index is 0.435. The van der Waals surface area contributed by atoms with Gasteiger partial charge in [-0.3, -0.25) is 0 Å². The smallest absolute Gasteiger partial charge is 0.0121 e. The van der Waals surface area contributed by atoms with Crippen molar-refractivity contribution in [2.45, 2.75) is 65.3 Å². The molecule has 1 nitrogen and oxygen atoms in total.